The lowest BCUT2D eigenvalue weighted by Gasteiger charge is -2.27. The fourth-order valence-corrected chi connectivity index (χ4v) is 3.52. The minimum Gasteiger partial charge on any atom is -0.480 e. The number of carboxylic acids is 1. The molecular weight excluding hydrogens is 272 g/mol. The van der Waals surface area contributed by atoms with Crippen LogP contribution >= 0.6 is 0 Å². The van der Waals surface area contributed by atoms with E-state index in [0.717, 1.165) is 25.7 Å². The van der Waals surface area contributed by atoms with Crippen LogP contribution in [0.15, 0.2) is 0 Å². The molecule has 2 aliphatic rings. The van der Waals surface area contributed by atoms with E-state index in [1.807, 2.05) is 4.90 Å². The van der Waals surface area contributed by atoms with E-state index in [1.54, 1.807) is 6.92 Å². The molecule has 1 aliphatic carbocycles. The van der Waals surface area contributed by atoms with Crippen LogP contribution in [-0.2, 0) is 14.4 Å². The number of aliphatic carboxylic acids is 1. The van der Waals surface area contributed by atoms with E-state index in [1.165, 1.54) is 11.9 Å². The average Bonchev–Trinajstić information content (AvgIpc) is 3.06. The molecule has 118 valence electrons. The standard InChI is InChI=1S/C15H24N2O4/c1-3-12(15(20)21)16(2)14(19)10-8-13(18)17(9-10)11-6-4-5-7-11/h10-12H,3-9H2,1-2H3,(H,20,21). The molecule has 1 aliphatic heterocycles. The minimum absolute atomic E-state index is 0.0389. The summed E-state index contributed by atoms with van der Waals surface area (Å²) in [6.45, 7) is 2.19. The smallest absolute Gasteiger partial charge is 0.326 e. The van der Waals surface area contributed by atoms with Crippen LogP contribution in [0, 0.1) is 5.92 Å². The normalized spacial score (nSPS) is 24.4. The third-order valence-corrected chi connectivity index (χ3v) is 4.76. The van der Waals surface area contributed by atoms with Crippen molar-refractivity contribution in [3.63, 3.8) is 0 Å². The van der Waals surface area contributed by atoms with Gasteiger partial charge < -0.3 is 14.9 Å². The molecule has 0 aromatic carbocycles. The Morgan fingerprint density at radius 3 is 2.52 bits per heavy atom. The van der Waals surface area contributed by atoms with Crippen LogP contribution in [0.5, 0.6) is 0 Å². The van der Waals surface area contributed by atoms with Crippen LogP contribution in [0.4, 0.5) is 0 Å². The third kappa shape index (κ3) is 3.19. The van der Waals surface area contributed by atoms with E-state index >= 15 is 0 Å². The van der Waals surface area contributed by atoms with E-state index in [0.29, 0.717) is 13.0 Å². The summed E-state index contributed by atoms with van der Waals surface area (Å²) in [4.78, 5) is 38.8. The summed E-state index contributed by atoms with van der Waals surface area (Å²) in [6, 6.07) is -0.532. The lowest BCUT2D eigenvalue weighted by Crippen LogP contribution is -2.45. The van der Waals surface area contributed by atoms with Crippen LogP contribution < -0.4 is 0 Å². The van der Waals surface area contributed by atoms with Gasteiger partial charge >= 0.3 is 5.97 Å². The van der Waals surface area contributed by atoms with Crippen molar-refractivity contribution in [3.05, 3.63) is 0 Å². The van der Waals surface area contributed by atoms with Crippen LogP contribution in [0.25, 0.3) is 0 Å². The number of nitrogens with zero attached hydrogens (tertiary/aromatic N) is 2. The summed E-state index contributed by atoms with van der Waals surface area (Å²) in [5, 5.41) is 9.14. The Labute approximate surface area is 125 Å². The van der Waals surface area contributed by atoms with Gasteiger partial charge in [-0.3, -0.25) is 9.59 Å². The zero-order valence-electron chi connectivity index (χ0n) is 12.7. The molecule has 0 aromatic heterocycles. The van der Waals surface area contributed by atoms with Crippen molar-refractivity contribution in [2.24, 2.45) is 5.92 Å². The summed E-state index contributed by atoms with van der Waals surface area (Å²) in [5.74, 6) is -1.57. The molecule has 6 nitrogen and oxygen atoms in total. The Bertz CT molecular complexity index is 431. The number of carboxylic acid groups (broad SMARTS) is 1. The molecular formula is C15H24N2O4. The van der Waals surface area contributed by atoms with Crippen LogP contribution in [0.1, 0.15) is 45.4 Å². The van der Waals surface area contributed by atoms with Crippen LogP contribution in [0.2, 0.25) is 0 Å². The van der Waals surface area contributed by atoms with Gasteiger partial charge in [0.2, 0.25) is 11.8 Å². The Balaban J connectivity index is 2.00. The molecule has 2 fully saturated rings. The van der Waals surface area contributed by atoms with Gasteiger partial charge in [-0.15, -0.1) is 0 Å². The fraction of sp³-hybridized carbons (Fsp3) is 0.800. The number of amides is 2. The van der Waals surface area contributed by atoms with Crippen LogP contribution in [0.3, 0.4) is 0 Å². The Morgan fingerprint density at radius 1 is 1.38 bits per heavy atom. The van der Waals surface area contributed by atoms with E-state index in [-0.39, 0.29) is 24.3 Å². The highest BCUT2D eigenvalue weighted by Crippen LogP contribution is 2.30. The number of likely N-dealkylation sites (tertiary alicyclic amines) is 1. The predicted molar refractivity (Wildman–Crippen MR) is 76.6 cm³/mol. The van der Waals surface area contributed by atoms with Gasteiger partial charge in [0.1, 0.15) is 6.04 Å². The maximum atomic E-state index is 12.4. The van der Waals surface area contributed by atoms with Crippen molar-refractivity contribution in [2.45, 2.75) is 57.5 Å². The number of hydrogen-bond donors (Lipinski definition) is 1. The lowest BCUT2D eigenvalue weighted by molar-refractivity contribution is -0.150. The SMILES string of the molecule is CCC(C(=O)O)N(C)C(=O)C1CC(=O)N(C2CCCC2)C1. The highest BCUT2D eigenvalue weighted by Gasteiger charge is 2.41. The van der Waals surface area contributed by atoms with Gasteiger partial charge in [0, 0.05) is 26.1 Å². The van der Waals surface area contributed by atoms with E-state index in [4.69, 9.17) is 5.11 Å². The first-order valence-electron chi connectivity index (χ1n) is 7.74. The van der Waals surface area contributed by atoms with Crippen molar-refractivity contribution in [1.82, 2.24) is 9.80 Å². The highest BCUT2D eigenvalue weighted by molar-refractivity contribution is 5.91. The fourth-order valence-electron chi connectivity index (χ4n) is 3.52. The number of carbonyl (C=O) groups excluding carboxylic acids is 2. The summed E-state index contributed by atoms with van der Waals surface area (Å²) in [5.41, 5.74) is 0. The summed E-state index contributed by atoms with van der Waals surface area (Å²) < 4.78 is 0. The predicted octanol–water partition coefficient (Wildman–Crippen LogP) is 1.10. The van der Waals surface area contributed by atoms with Crippen molar-refractivity contribution in [1.29, 1.82) is 0 Å². The van der Waals surface area contributed by atoms with Crippen LogP contribution in [-0.4, -0.2) is 58.4 Å². The molecule has 0 spiro atoms. The number of rotatable bonds is 5. The van der Waals surface area contributed by atoms with Gasteiger partial charge in [0.15, 0.2) is 0 Å². The third-order valence-electron chi connectivity index (χ3n) is 4.76. The number of likely N-dealkylation sites (N-methyl/N-ethyl adjacent to an activating group) is 1. The Kier molecular flexibility index (Phi) is 4.85. The average molecular weight is 296 g/mol. The largest absolute Gasteiger partial charge is 0.480 e. The zero-order valence-corrected chi connectivity index (χ0v) is 12.7. The van der Waals surface area contributed by atoms with Gasteiger partial charge in [0.05, 0.1) is 5.92 Å². The van der Waals surface area contributed by atoms with Gasteiger partial charge in [-0.25, -0.2) is 4.79 Å². The first-order valence-corrected chi connectivity index (χ1v) is 7.74. The topological polar surface area (TPSA) is 77.9 Å². The van der Waals surface area contributed by atoms with Gasteiger partial charge in [-0.2, -0.15) is 0 Å². The molecule has 2 unspecified atom stereocenters. The van der Waals surface area contributed by atoms with Crippen molar-refractivity contribution >= 4 is 17.8 Å². The van der Waals surface area contributed by atoms with E-state index in [9.17, 15) is 14.4 Å². The summed E-state index contributed by atoms with van der Waals surface area (Å²) >= 11 is 0. The van der Waals surface area contributed by atoms with Crippen molar-refractivity contribution < 1.29 is 19.5 Å². The van der Waals surface area contributed by atoms with Gasteiger partial charge in [0.25, 0.3) is 0 Å². The molecule has 1 N–H and O–H groups in total. The highest BCUT2D eigenvalue weighted by atomic mass is 16.4. The molecule has 0 radical (unpaired) electrons. The van der Waals surface area contributed by atoms with Crippen molar-refractivity contribution in [3.8, 4) is 0 Å². The maximum absolute atomic E-state index is 12.4. The first-order chi connectivity index (χ1) is 9.95. The van der Waals surface area contributed by atoms with E-state index in [2.05, 4.69) is 0 Å². The second kappa shape index (κ2) is 6.45. The summed E-state index contributed by atoms with van der Waals surface area (Å²) in [7, 11) is 1.52. The van der Waals surface area contributed by atoms with Crippen molar-refractivity contribution in [2.75, 3.05) is 13.6 Å². The first kappa shape index (κ1) is 15.8. The second-order valence-corrected chi connectivity index (χ2v) is 6.10. The zero-order chi connectivity index (χ0) is 15.6. The second-order valence-electron chi connectivity index (χ2n) is 6.10. The summed E-state index contributed by atoms with van der Waals surface area (Å²) in [6.07, 6.45) is 4.92. The minimum atomic E-state index is -0.995. The lowest BCUT2D eigenvalue weighted by atomic mass is 10.1. The molecule has 1 saturated carbocycles. The quantitative estimate of drug-likeness (QED) is 0.824. The Morgan fingerprint density at radius 2 is 2.00 bits per heavy atom. The molecule has 2 amide bonds. The number of carbonyl (C=O) groups is 3. The molecule has 21 heavy (non-hydrogen) atoms. The van der Waals surface area contributed by atoms with E-state index < -0.39 is 17.9 Å². The molecule has 6 heteroatoms. The van der Waals surface area contributed by atoms with Gasteiger partial charge in [-0.05, 0) is 19.3 Å². The molecule has 0 aromatic rings. The number of hydrogen-bond acceptors (Lipinski definition) is 3. The van der Waals surface area contributed by atoms with Gasteiger partial charge in [-0.1, -0.05) is 19.8 Å². The molecule has 1 saturated heterocycles. The molecule has 0 bridgehead atoms. The molecule has 1 heterocycles. The molecule has 2 rings (SSSR count). The monoisotopic (exact) mass is 296 g/mol. The Hall–Kier alpha value is -1.59. The molecule has 2 atom stereocenters. The maximum Gasteiger partial charge on any atom is 0.326 e.